The molecule has 0 radical (unpaired) electrons. The summed E-state index contributed by atoms with van der Waals surface area (Å²) in [6.45, 7) is 5.46. The molecular formula is C23H26ClN3O4. The molecule has 7 nitrogen and oxygen atoms in total. The number of carbonyl (C=O) groups excluding carboxylic acids is 2. The lowest BCUT2D eigenvalue weighted by Gasteiger charge is -2.35. The Morgan fingerprint density at radius 2 is 1.74 bits per heavy atom. The van der Waals surface area contributed by atoms with Crippen LogP contribution in [0.5, 0.6) is 11.5 Å². The lowest BCUT2D eigenvalue weighted by atomic mass is 10.0. The van der Waals surface area contributed by atoms with Gasteiger partial charge in [-0.15, -0.1) is 0 Å². The van der Waals surface area contributed by atoms with E-state index < -0.39 is 0 Å². The Labute approximate surface area is 186 Å². The molecule has 31 heavy (non-hydrogen) atoms. The molecule has 1 atom stereocenters. The van der Waals surface area contributed by atoms with Gasteiger partial charge in [-0.1, -0.05) is 29.8 Å². The van der Waals surface area contributed by atoms with Crippen molar-refractivity contribution >= 4 is 23.4 Å². The number of hydrogen-bond donors (Lipinski definition) is 1. The van der Waals surface area contributed by atoms with Crippen LogP contribution in [-0.2, 0) is 16.1 Å². The quantitative estimate of drug-likeness (QED) is 0.743. The van der Waals surface area contributed by atoms with E-state index in [1.165, 1.54) is 6.92 Å². The highest BCUT2D eigenvalue weighted by Gasteiger charge is 2.25. The van der Waals surface area contributed by atoms with Gasteiger partial charge in [-0.25, -0.2) is 0 Å². The van der Waals surface area contributed by atoms with Gasteiger partial charge >= 0.3 is 0 Å². The summed E-state index contributed by atoms with van der Waals surface area (Å²) < 4.78 is 10.8. The molecule has 2 heterocycles. The minimum absolute atomic E-state index is 0.0384. The van der Waals surface area contributed by atoms with Gasteiger partial charge < -0.3 is 19.7 Å². The first-order valence-corrected chi connectivity index (χ1v) is 10.8. The SMILES string of the molecule is CC(=O)N[C@H](CC(=O)N1CCN(Cc2ccc3c(c2)OCO3)CC1)c1ccc(Cl)cc1. The highest BCUT2D eigenvalue weighted by molar-refractivity contribution is 6.30. The van der Waals surface area contributed by atoms with E-state index in [4.69, 9.17) is 21.1 Å². The van der Waals surface area contributed by atoms with Crippen LogP contribution in [0, 0.1) is 0 Å². The Balaban J connectivity index is 1.31. The molecule has 4 rings (SSSR count). The topological polar surface area (TPSA) is 71.1 Å². The number of nitrogens with zero attached hydrogens (tertiary/aromatic N) is 2. The summed E-state index contributed by atoms with van der Waals surface area (Å²) in [6.07, 6.45) is 0.226. The summed E-state index contributed by atoms with van der Waals surface area (Å²) in [5, 5.41) is 3.51. The van der Waals surface area contributed by atoms with E-state index in [-0.39, 0.29) is 31.1 Å². The number of halogens is 1. The van der Waals surface area contributed by atoms with E-state index >= 15 is 0 Å². The predicted molar refractivity (Wildman–Crippen MR) is 117 cm³/mol. The van der Waals surface area contributed by atoms with Crippen LogP contribution in [0.2, 0.25) is 5.02 Å². The Morgan fingerprint density at radius 3 is 2.45 bits per heavy atom. The Hall–Kier alpha value is -2.77. The van der Waals surface area contributed by atoms with E-state index in [1.54, 1.807) is 12.1 Å². The molecule has 2 aliphatic rings. The molecule has 1 saturated heterocycles. The highest BCUT2D eigenvalue weighted by atomic mass is 35.5. The number of hydrogen-bond acceptors (Lipinski definition) is 5. The average Bonchev–Trinajstić information content (AvgIpc) is 3.22. The lowest BCUT2D eigenvalue weighted by molar-refractivity contribution is -0.133. The van der Waals surface area contributed by atoms with Crippen molar-refractivity contribution in [2.24, 2.45) is 0 Å². The van der Waals surface area contributed by atoms with Crippen molar-refractivity contribution in [1.29, 1.82) is 0 Å². The predicted octanol–water partition coefficient (Wildman–Crippen LogP) is 2.98. The molecule has 0 saturated carbocycles. The smallest absolute Gasteiger partial charge is 0.231 e. The maximum Gasteiger partial charge on any atom is 0.231 e. The minimum atomic E-state index is -0.367. The fraction of sp³-hybridized carbons (Fsp3) is 0.391. The second-order valence-electron chi connectivity index (χ2n) is 7.85. The summed E-state index contributed by atoms with van der Waals surface area (Å²) in [7, 11) is 0. The van der Waals surface area contributed by atoms with Crippen LogP contribution in [0.3, 0.4) is 0 Å². The zero-order valence-electron chi connectivity index (χ0n) is 17.5. The number of benzene rings is 2. The summed E-state index contributed by atoms with van der Waals surface area (Å²) in [4.78, 5) is 28.8. The molecule has 2 aromatic carbocycles. The fourth-order valence-electron chi connectivity index (χ4n) is 3.95. The molecule has 8 heteroatoms. The van der Waals surface area contributed by atoms with Gasteiger partial charge in [0.1, 0.15) is 0 Å². The number of amides is 2. The van der Waals surface area contributed by atoms with Gasteiger partial charge in [-0.3, -0.25) is 14.5 Å². The van der Waals surface area contributed by atoms with E-state index in [0.717, 1.165) is 42.3 Å². The molecule has 2 amide bonds. The lowest BCUT2D eigenvalue weighted by Crippen LogP contribution is -2.49. The van der Waals surface area contributed by atoms with E-state index in [2.05, 4.69) is 16.3 Å². The molecule has 1 fully saturated rings. The summed E-state index contributed by atoms with van der Waals surface area (Å²) >= 11 is 5.97. The summed E-state index contributed by atoms with van der Waals surface area (Å²) in [5.74, 6) is 1.45. The highest BCUT2D eigenvalue weighted by Crippen LogP contribution is 2.33. The normalized spacial score (nSPS) is 16.8. The molecule has 0 aliphatic carbocycles. The first-order valence-electron chi connectivity index (χ1n) is 10.4. The molecular weight excluding hydrogens is 418 g/mol. The van der Waals surface area contributed by atoms with Crippen LogP contribution in [0.15, 0.2) is 42.5 Å². The second kappa shape index (κ2) is 9.58. The number of piperazine rings is 1. The Kier molecular flexibility index (Phi) is 6.63. The van der Waals surface area contributed by atoms with Crippen LogP contribution >= 0.6 is 11.6 Å². The molecule has 0 unspecified atom stereocenters. The zero-order valence-corrected chi connectivity index (χ0v) is 18.2. The number of nitrogens with one attached hydrogen (secondary N) is 1. The van der Waals surface area contributed by atoms with Gasteiger partial charge in [0, 0.05) is 44.7 Å². The third-order valence-corrected chi connectivity index (χ3v) is 5.85. The van der Waals surface area contributed by atoms with Crippen molar-refractivity contribution in [3.63, 3.8) is 0 Å². The van der Waals surface area contributed by atoms with Gasteiger partial charge in [-0.2, -0.15) is 0 Å². The van der Waals surface area contributed by atoms with Gasteiger partial charge in [-0.05, 0) is 35.4 Å². The van der Waals surface area contributed by atoms with Gasteiger partial charge in [0.15, 0.2) is 11.5 Å². The zero-order chi connectivity index (χ0) is 21.8. The number of ether oxygens (including phenoxy) is 2. The van der Waals surface area contributed by atoms with E-state index in [9.17, 15) is 9.59 Å². The Bertz CT molecular complexity index is 942. The van der Waals surface area contributed by atoms with Crippen molar-refractivity contribution in [2.75, 3.05) is 33.0 Å². The monoisotopic (exact) mass is 443 g/mol. The summed E-state index contributed by atoms with van der Waals surface area (Å²) in [6, 6.07) is 12.9. The molecule has 164 valence electrons. The second-order valence-corrected chi connectivity index (χ2v) is 8.29. The van der Waals surface area contributed by atoms with Crippen LogP contribution < -0.4 is 14.8 Å². The van der Waals surface area contributed by atoms with Crippen molar-refractivity contribution in [3.8, 4) is 11.5 Å². The molecule has 2 aliphatic heterocycles. The Morgan fingerprint density at radius 1 is 1.03 bits per heavy atom. The van der Waals surface area contributed by atoms with Gasteiger partial charge in [0.05, 0.1) is 12.5 Å². The molecule has 0 aromatic heterocycles. The molecule has 1 N–H and O–H groups in total. The third kappa shape index (κ3) is 5.48. The van der Waals surface area contributed by atoms with Crippen molar-refractivity contribution in [1.82, 2.24) is 15.1 Å². The van der Waals surface area contributed by atoms with Crippen molar-refractivity contribution in [2.45, 2.75) is 25.9 Å². The fourth-order valence-corrected chi connectivity index (χ4v) is 4.08. The molecule has 0 bridgehead atoms. The average molecular weight is 444 g/mol. The van der Waals surface area contributed by atoms with E-state index in [1.807, 2.05) is 29.2 Å². The van der Waals surface area contributed by atoms with Gasteiger partial charge in [0.2, 0.25) is 18.6 Å². The summed E-state index contributed by atoms with van der Waals surface area (Å²) in [5.41, 5.74) is 2.03. The molecule has 0 spiro atoms. The van der Waals surface area contributed by atoms with Crippen molar-refractivity contribution in [3.05, 3.63) is 58.6 Å². The maximum atomic E-state index is 12.9. The van der Waals surface area contributed by atoms with Crippen LogP contribution in [0.25, 0.3) is 0 Å². The minimum Gasteiger partial charge on any atom is -0.454 e. The maximum absolute atomic E-state index is 12.9. The first kappa shape index (κ1) is 21.5. The van der Waals surface area contributed by atoms with Crippen LogP contribution in [-0.4, -0.2) is 54.6 Å². The largest absolute Gasteiger partial charge is 0.454 e. The van der Waals surface area contributed by atoms with Crippen LogP contribution in [0.1, 0.15) is 30.5 Å². The molecule has 2 aromatic rings. The standard InChI is InChI=1S/C23H26ClN3O4/c1-16(28)25-20(18-3-5-19(24)6-4-18)13-23(29)27-10-8-26(9-11-27)14-17-2-7-21-22(12-17)31-15-30-21/h2-7,12,20H,8-11,13-15H2,1H3,(H,25,28)/t20-/m1/s1. The number of carbonyl (C=O) groups is 2. The van der Waals surface area contributed by atoms with E-state index in [0.29, 0.717) is 18.1 Å². The van der Waals surface area contributed by atoms with Crippen LogP contribution in [0.4, 0.5) is 0 Å². The number of fused-ring (bicyclic) bond motifs is 1. The third-order valence-electron chi connectivity index (χ3n) is 5.60. The van der Waals surface area contributed by atoms with Crippen molar-refractivity contribution < 1.29 is 19.1 Å². The first-order chi connectivity index (χ1) is 15.0. The van der Waals surface area contributed by atoms with Gasteiger partial charge in [0.25, 0.3) is 0 Å². The number of rotatable bonds is 6.